The van der Waals surface area contributed by atoms with Crippen LogP contribution in [-0.2, 0) is 19.1 Å². The molecule has 2 aliphatic heterocycles. The Hall–Kier alpha value is -1.14. The fraction of sp³-hybridized carbons (Fsp3) is 0.833. The lowest BCUT2D eigenvalue weighted by Crippen LogP contribution is -2.51. The first-order valence-electron chi connectivity index (χ1n) is 6.32. The maximum atomic E-state index is 12.3. The minimum atomic E-state index is -1.01. The Morgan fingerprint density at radius 1 is 1.28 bits per heavy atom. The molecule has 0 aromatic carbocycles. The number of aliphatic carboxylic acids is 1. The van der Waals surface area contributed by atoms with E-state index in [2.05, 4.69) is 0 Å². The summed E-state index contributed by atoms with van der Waals surface area (Å²) in [5, 5.41) is 8.91. The molecule has 2 heterocycles. The Morgan fingerprint density at radius 3 is 2.72 bits per heavy atom. The van der Waals surface area contributed by atoms with E-state index in [0.29, 0.717) is 26.2 Å². The van der Waals surface area contributed by atoms with Gasteiger partial charge < -0.3 is 19.5 Å². The van der Waals surface area contributed by atoms with Gasteiger partial charge in [-0.2, -0.15) is 0 Å². The van der Waals surface area contributed by atoms with Crippen LogP contribution in [0.3, 0.4) is 0 Å². The van der Waals surface area contributed by atoms with Gasteiger partial charge in [0.2, 0.25) is 5.91 Å². The van der Waals surface area contributed by atoms with Gasteiger partial charge in [-0.15, -0.1) is 0 Å². The van der Waals surface area contributed by atoms with E-state index in [1.807, 2.05) is 6.92 Å². The molecule has 3 unspecified atom stereocenters. The lowest BCUT2D eigenvalue weighted by Gasteiger charge is -2.35. The van der Waals surface area contributed by atoms with Crippen molar-refractivity contribution in [2.24, 2.45) is 5.92 Å². The number of carbonyl (C=O) groups is 2. The fourth-order valence-corrected chi connectivity index (χ4v) is 2.48. The van der Waals surface area contributed by atoms with Crippen molar-refractivity contribution in [2.45, 2.75) is 32.0 Å². The maximum absolute atomic E-state index is 12.3. The molecule has 0 spiro atoms. The predicted molar refractivity (Wildman–Crippen MR) is 62.1 cm³/mol. The first kappa shape index (κ1) is 13.3. The molecular formula is C12H19NO5. The van der Waals surface area contributed by atoms with Gasteiger partial charge in [0.25, 0.3) is 0 Å². The van der Waals surface area contributed by atoms with Gasteiger partial charge >= 0.3 is 5.97 Å². The second kappa shape index (κ2) is 5.67. The van der Waals surface area contributed by atoms with Gasteiger partial charge in [0, 0.05) is 19.1 Å². The van der Waals surface area contributed by atoms with Crippen LogP contribution in [0, 0.1) is 5.92 Å². The van der Waals surface area contributed by atoms with Crippen molar-refractivity contribution in [1.29, 1.82) is 0 Å². The normalized spacial score (nSPS) is 33.2. The molecule has 3 atom stereocenters. The summed E-state index contributed by atoms with van der Waals surface area (Å²) in [5.74, 6) is -1.01. The van der Waals surface area contributed by atoms with E-state index >= 15 is 0 Å². The van der Waals surface area contributed by atoms with Crippen molar-refractivity contribution in [1.82, 2.24) is 4.90 Å². The van der Waals surface area contributed by atoms with Crippen LogP contribution >= 0.6 is 0 Å². The molecule has 0 aliphatic carbocycles. The minimum Gasteiger partial charge on any atom is -0.479 e. The summed E-state index contributed by atoms with van der Waals surface area (Å²) in [5.41, 5.74) is 0. The predicted octanol–water partition coefficient (Wildman–Crippen LogP) is 0.114. The van der Waals surface area contributed by atoms with E-state index in [4.69, 9.17) is 14.6 Å². The van der Waals surface area contributed by atoms with E-state index in [1.165, 1.54) is 0 Å². The van der Waals surface area contributed by atoms with E-state index in [-0.39, 0.29) is 24.5 Å². The Kier molecular flexibility index (Phi) is 4.19. The largest absolute Gasteiger partial charge is 0.479 e. The highest BCUT2D eigenvalue weighted by Gasteiger charge is 2.34. The van der Waals surface area contributed by atoms with Crippen LogP contribution in [0.15, 0.2) is 0 Å². The second-order valence-electron chi connectivity index (χ2n) is 4.88. The van der Waals surface area contributed by atoms with Crippen LogP contribution in [0.4, 0.5) is 0 Å². The van der Waals surface area contributed by atoms with Crippen LogP contribution in [0.1, 0.15) is 19.8 Å². The molecule has 6 heteroatoms. The molecule has 0 aromatic heterocycles. The molecule has 0 radical (unpaired) electrons. The van der Waals surface area contributed by atoms with Gasteiger partial charge in [0.05, 0.1) is 19.3 Å². The minimum absolute atomic E-state index is 0.0405. The number of ether oxygens (including phenoxy) is 2. The summed E-state index contributed by atoms with van der Waals surface area (Å²) >= 11 is 0. The molecule has 102 valence electrons. The monoisotopic (exact) mass is 257 g/mol. The van der Waals surface area contributed by atoms with Crippen LogP contribution in [0.5, 0.6) is 0 Å². The van der Waals surface area contributed by atoms with E-state index in [0.717, 1.165) is 6.42 Å². The summed E-state index contributed by atoms with van der Waals surface area (Å²) in [7, 11) is 0. The second-order valence-corrected chi connectivity index (χ2v) is 4.88. The number of hydrogen-bond donors (Lipinski definition) is 1. The van der Waals surface area contributed by atoms with Crippen molar-refractivity contribution < 1.29 is 24.2 Å². The molecule has 1 N–H and O–H groups in total. The average molecular weight is 257 g/mol. The SMILES string of the molecule is CC1CC(C(=O)N2CCOC(C(=O)O)C2)CCO1. The topological polar surface area (TPSA) is 76.1 Å². The zero-order valence-electron chi connectivity index (χ0n) is 10.5. The third-order valence-electron chi connectivity index (χ3n) is 3.49. The highest BCUT2D eigenvalue weighted by molar-refractivity contribution is 5.80. The summed E-state index contributed by atoms with van der Waals surface area (Å²) in [4.78, 5) is 24.8. The number of carboxylic acids is 1. The zero-order chi connectivity index (χ0) is 13.1. The number of carboxylic acid groups (broad SMARTS) is 1. The highest BCUT2D eigenvalue weighted by atomic mass is 16.5. The Labute approximate surface area is 106 Å². The molecule has 6 nitrogen and oxygen atoms in total. The van der Waals surface area contributed by atoms with Gasteiger partial charge in [-0.1, -0.05) is 0 Å². The first-order valence-corrected chi connectivity index (χ1v) is 6.32. The number of morpholine rings is 1. The van der Waals surface area contributed by atoms with E-state index < -0.39 is 12.1 Å². The molecule has 2 saturated heterocycles. The third-order valence-corrected chi connectivity index (χ3v) is 3.49. The van der Waals surface area contributed by atoms with Crippen LogP contribution in [-0.4, -0.2) is 60.4 Å². The molecule has 2 rings (SSSR count). The van der Waals surface area contributed by atoms with E-state index in [1.54, 1.807) is 4.90 Å². The molecular weight excluding hydrogens is 238 g/mol. The smallest absolute Gasteiger partial charge is 0.334 e. The van der Waals surface area contributed by atoms with Crippen LogP contribution < -0.4 is 0 Å². The summed E-state index contributed by atoms with van der Waals surface area (Å²) in [6, 6.07) is 0. The molecule has 2 aliphatic rings. The molecule has 1 amide bonds. The first-order chi connectivity index (χ1) is 8.58. The molecule has 2 fully saturated rings. The summed E-state index contributed by atoms with van der Waals surface area (Å²) < 4.78 is 10.5. The highest BCUT2D eigenvalue weighted by Crippen LogP contribution is 2.23. The van der Waals surface area contributed by atoms with Gasteiger partial charge in [0.15, 0.2) is 6.10 Å². The van der Waals surface area contributed by atoms with Crippen molar-refractivity contribution in [3.8, 4) is 0 Å². The van der Waals surface area contributed by atoms with Gasteiger partial charge in [-0.05, 0) is 19.8 Å². The van der Waals surface area contributed by atoms with Crippen molar-refractivity contribution in [3.05, 3.63) is 0 Å². The number of carbonyl (C=O) groups excluding carboxylic acids is 1. The summed E-state index contributed by atoms with van der Waals surface area (Å²) in [6.07, 6.45) is 0.649. The zero-order valence-corrected chi connectivity index (χ0v) is 10.5. The van der Waals surface area contributed by atoms with Gasteiger partial charge in [0.1, 0.15) is 0 Å². The van der Waals surface area contributed by atoms with Gasteiger partial charge in [-0.25, -0.2) is 4.79 Å². The van der Waals surface area contributed by atoms with Crippen molar-refractivity contribution >= 4 is 11.9 Å². The van der Waals surface area contributed by atoms with E-state index in [9.17, 15) is 9.59 Å². The quantitative estimate of drug-likeness (QED) is 0.760. The molecule has 18 heavy (non-hydrogen) atoms. The fourth-order valence-electron chi connectivity index (χ4n) is 2.48. The van der Waals surface area contributed by atoms with Crippen LogP contribution in [0.2, 0.25) is 0 Å². The Morgan fingerprint density at radius 2 is 2.06 bits per heavy atom. The maximum Gasteiger partial charge on any atom is 0.334 e. The Bertz CT molecular complexity index is 332. The van der Waals surface area contributed by atoms with Crippen LogP contribution in [0.25, 0.3) is 0 Å². The molecule has 0 bridgehead atoms. The third kappa shape index (κ3) is 3.00. The van der Waals surface area contributed by atoms with Crippen molar-refractivity contribution in [2.75, 3.05) is 26.3 Å². The van der Waals surface area contributed by atoms with Crippen molar-refractivity contribution in [3.63, 3.8) is 0 Å². The lowest BCUT2D eigenvalue weighted by molar-refractivity contribution is -0.162. The Balaban J connectivity index is 1.93. The molecule has 0 aromatic rings. The lowest BCUT2D eigenvalue weighted by atomic mass is 9.94. The standard InChI is InChI=1S/C12H19NO5/c1-8-6-9(2-4-17-8)11(14)13-3-5-18-10(7-13)12(15)16/h8-10H,2-7H2,1H3,(H,15,16). The number of hydrogen-bond acceptors (Lipinski definition) is 4. The average Bonchev–Trinajstić information content (AvgIpc) is 2.38. The number of nitrogens with zero attached hydrogens (tertiary/aromatic N) is 1. The number of amides is 1. The van der Waals surface area contributed by atoms with Gasteiger partial charge in [-0.3, -0.25) is 4.79 Å². The number of rotatable bonds is 2. The summed E-state index contributed by atoms with van der Waals surface area (Å²) in [6.45, 7) is 3.48. The molecule has 0 saturated carbocycles.